The lowest BCUT2D eigenvalue weighted by Gasteiger charge is -2.20. The van der Waals surface area contributed by atoms with Crippen LogP contribution in [0.4, 0.5) is 5.69 Å². The van der Waals surface area contributed by atoms with Crippen LogP contribution in [-0.4, -0.2) is 50.2 Å². The molecule has 0 aliphatic carbocycles. The van der Waals surface area contributed by atoms with Crippen LogP contribution >= 0.6 is 11.8 Å². The Balaban J connectivity index is 1.83. The van der Waals surface area contributed by atoms with Gasteiger partial charge in [-0.1, -0.05) is 24.3 Å². The molecule has 0 heterocycles. The predicted octanol–water partition coefficient (Wildman–Crippen LogP) is 2.14. The second kappa shape index (κ2) is 10.3. The maximum Gasteiger partial charge on any atom is 0.279 e. The van der Waals surface area contributed by atoms with Crippen molar-refractivity contribution in [2.75, 3.05) is 38.8 Å². The van der Waals surface area contributed by atoms with Gasteiger partial charge >= 0.3 is 0 Å². The summed E-state index contributed by atoms with van der Waals surface area (Å²) in [4.78, 5) is 28.6. The van der Waals surface area contributed by atoms with Crippen LogP contribution in [0.25, 0.3) is 0 Å². The number of hydrogen-bond acceptors (Lipinski definition) is 3. The van der Waals surface area contributed by atoms with E-state index in [0.717, 1.165) is 27.3 Å². The van der Waals surface area contributed by atoms with Crippen LogP contribution in [-0.2, 0) is 16.1 Å². The fraction of sp³-hybridized carbons (Fsp3) is 0.364. The molecule has 2 amide bonds. The van der Waals surface area contributed by atoms with Crippen LogP contribution in [0.5, 0.6) is 0 Å². The van der Waals surface area contributed by atoms with E-state index in [9.17, 15) is 9.59 Å². The second-order valence-corrected chi connectivity index (χ2v) is 8.08. The van der Waals surface area contributed by atoms with E-state index >= 15 is 0 Å². The van der Waals surface area contributed by atoms with Crippen molar-refractivity contribution < 1.29 is 14.5 Å². The third kappa shape index (κ3) is 6.39. The standard InChI is InChI=1S/C22H29N3O2S/c1-16-7-6-8-20(17(16)2)23-21(26)14-24(3)15-22(27)25(4)13-18-9-11-19(28-5)12-10-18/h6-12H,13-15H2,1-5H3,(H,23,26)/p+1. The van der Waals surface area contributed by atoms with Crippen molar-refractivity contribution in [2.24, 2.45) is 0 Å². The molecule has 0 bridgehead atoms. The third-order valence-corrected chi connectivity index (χ3v) is 5.54. The summed E-state index contributed by atoms with van der Waals surface area (Å²) in [5, 5.41) is 2.95. The lowest BCUT2D eigenvalue weighted by Crippen LogP contribution is -3.11. The number of rotatable bonds is 8. The van der Waals surface area contributed by atoms with E-state index in [1.165, 1.54) is 4.90 Å². The van der Waals surface area contributed by atoms with Gasteiger partial charge < -0.3 is 15.1 Å². The summed E-state index contributed by atoms with van der Waals surface area (Å²) in [5.41, 5.74) is 4.13. The highest BCUT2D eigenvalue weighted by Gasteiger charge is 2.18. The van der Waals surface area contributed by atoms with E-state index in [1.54, 1.807) is 23.7 Å². The zero-order valence-electron chi connectivity index (χ0n) is 17.3. The van der Waals surface area contributed by atoms with Crippen molar-refractivity contribution in [3.05, 3.63) is 59.2 Å². The average Bonchev–Trinajstić information content (AvgIpc) is 2.65. The quantitative estimate of drug-likeness (QED) is 0.668. The molecule has 0 radical (unpaired) electrons. The first-order chi connectivity index (χ1) is 13.3. The second-order valence-electron chi connectivity index (χ2n) is 7.20. The number of aryl methyl sites for hydroxylation is 1. The fourth-order valence-electron chi connectivity index (χ4n) is 2.90. The number of likely N-dealkylation sites (N-methyl/N-ethyl adjacent to an activating group) is 2. The van der Waals surface area contributed by atoms with E-state index in [1.807, 2.05) is 57.5 Å². The van der Waals surface area contributed by atoms with E-state index < -0.39 is 0 Å². The summed E-state index contributed by atoms with van der Waals surface area (Å²) in [6, 6.07) is 14.1. The molecule has 1 unspecified atom stereocenters. The molecular formula is C22H30N3O2S+. The summed E-state index contributed by atoms with van der Waals surface area (Å²) >= 11 is 1.70. The first-order valence-electron chi connectivity index (χ1n) is 9.34. The van der Waals surface area contributed by atoms with Crippen molar-refractivity contribution in [1.82, 2.24) is 4.90 Å². The molecule has 6 heteroatoms. The third-order valence-electron chi connectivity index (χ3n) is 4.80. The van der Waals surface area contributed by atoms with E-state index in [0.29, 0.717) is 6.54 Å². The summed E-state index contributed by atoms with van der Waals surface area (Å²) in [5.74, 6) is -0.0692. The van der Waals surface area contributed by atoms with Gasteiger partial charge in [0.05, 0.1) is 7.05 Å². The Morgan fingerprint density at radius 3 is 2.39 bits per heavy atom. The smallest absolute Gasteiger partial charge is 0.279 e. The molecule has 0 spiro atoms. The van der Waals surface area contributed by atoms with Gasteiger partial charge in [0, 0.05) is 24.2 Å². The Bertz CT molecular complexity index is 821. The molecule has 1 atom stereocenters. The molecule has 0 aliphatic rings. The van der Waals surface area contributed by atoms with Crippen molar-refractivity contribution in [1.29, 1.82) is 0 Å². The zero-order valence-corrected chi connectivity index (χ0v) is 18.2. The van der Waals surface area contributed by atoms with Crippen molar-refractivity contribution in [3.63, 3.8) is 0 Å². The number of carbonyl (C=O) groups is 2. The SMILES string of the molecule is CSc1ccc(CN(C)C(=O)C[NH+](C)CC(=O)Nc2cccc(C)c2C)cc1. The van der Waals surface area contributed by atoms with E-state index in [2.05, 4.69) is 17.4 Å². The Morgan fingerprint density at radius 2 is 1.75 bits per heavy atom. The van der Waals surface area contributed by atoms with Crippen molar-refractivity contribution in [2.45, 2.75) is 25.3 Å². The predicted molar refractivity (Wildman–Crippen MR) is 116 cm³/mol. The minimum Gasteiger partial charge on any atom is -0.337 e. The van der Waals surface area contributed by atoms with E-state index in [4.69, 9.17) is 0 Å². The number of benzene rings is 2. The van der Waals surface area contributed by atoms with Crippen molar-refractivity contribution >= 4 is 29.3 Å². The van der Waals surface area contributed by atoms with Crippen LogP contribution in [0, 0.1) is 13.8 Å². The highest BCUT2D eigenvalue weighted by Crippen LogP contribution is 2.17. The van der Waals surface area contributed by atoms with Crippen LogP contribution in [0.3, 0.4) is 0 Å². The van der Waals surface area contributed by atoms with Crippen LogP contribution in [0.15, 0.2) is 47.4 Å². The molecule has 5 nitrogen and oxygen atoms in total. The van der Waals surface area contributed by atoms with Gasteiger partial charge in [0.1, 0.15) is 0 Å². The normalized spacial score (nSPS) is 11.8. The van der Waals surface area contributed by atoms with Gasteiger partial charge in [0.15, 0.2) is 13.1 Å². The molecule has 0 saturated heterocycles. The van der Waals surface area contributed by atoms with Gasteiger partial charge in [-0.25, -0.2) is 0 Å². The van der Waals surface area contributed by atoms with Gasteiger partial charge in [-0.2, -0.15) is 0 Å². The fourth-order valence-corrected chi connectivity index (χ4v) is 3.31. The number of thioether (sulfide) groups is 1. The molecule has 2 rings (SSSR count). The molecule has 0 aromatic heterocycles. The lowest BCUT2D eigenvalue weighted by molar-refractivity contribution is -0.862. The minimum atomic E-state index is -0.0886. The molecule has 0 fully saturated rings. The maximum atomic E-state index is 12.5. The highest BCUT2D eigenvalue weighted by molar-refractivity contribution is 7.98. The largest absolute Gasteiger partial charge is 0.337 e. The van der Waals surface area contributed by atoms with Gasteiger partial charge in [0.2, 0.25) is 0 Å². The van der Waals surface area contributed by atoms with Crippen LogP contribution < -0.4 is 10.2 Å². The monoisotopic (exact) mass is 400 g/mol. The molecule has 28 heavy (non-hydrogen) atoms. The Morgan fingerprint density at radius 1 is 1.07 bits per heavy atom. The molecule has 2 aromatic carbocycles. The van der Waals surface area contributed by atoms with Crippen molar-refractivity contribution in [3.8, 4) is 0 Å². The Kier molecular flexibility index (Phi) is 8.08. The summed E-state index contributed by atoms with van der Waals surface area (Å²) < 4.78 is 0. The molecule has 0 aliphatic heterocycles. The molecule has 0 saturated carbocycles. The number of nitrogens with one attached hydrogen (secondary N) is 2. The molecule has 2 N–H and O–H groups in total. The van der Waals surface area contributed by atoms with Crippen LogP contribution in [0.1, 0.15) is 16.7 Å². The van der Waals surface area contributed by atoms with Gasteiger partial charge in [-0.3, -0.25) is 9.59 Å². The number of carbonyl (C=O) groups excluding carboxylic acids is 2. The van der Waals surface area contributed by atoms with Crippen LogP contribution in [0.2, 0.25) is 0 Å². The Labute approximate surface area is 172 Å². The average molecular weight is 401 g/mol. The molecular weight excluding hydrogens is 370 g/mol. The van der Waals surface area contributed by atoms with E-state index in [-0.39, 0.29) is 24.9 Å². The summed E-state index contributed by atoms with van der Waals surface area (Å²) in [6.45, 7) is 5.10. The highest BCUT2D eigenvalue weighted by atomic mass is 32.2. The number of hydrogen-bond donors (Lipinski definition) is 2. The lowest BCUT2D eigenvalue weighted by atomic mass is 10.1. The van der Waals surface area contributed by atoms with Gasteiger partial charge in [0.25, 0.3) is 11.8 Å². The Hall–Kier alpha value is -2.31. The number of quaternary nitrogens is 1. The summed E-state index contributed by atoms with van der Waals surface area (Å²) in [7, 11) is 3.66. The number of amides is 2. The summed E-state index contributed by atoms with van der Waals surface area (Å²) in [6.07, 6.45) is 2.04. The van der Waals surface area contributed by atoms with Gasteiger partial charge in [-0.15, -0.1) is 11.8 Å². The molecule has 2 aromatic rings. The zero-order chi connectivity index (χ0) is 20.7. The number of nitrogens with zero attached hydrogens (tertiary/aromatic N) is 1. The first kappa shape index (κ1) is 22.0. The molecule has 150 valence electrons. The van der Waals surface area contributed by atoms with Gasteiger partial charge in [-0.05, 0) is 55.0 Å². The minimum absolute atomic E-state index is 0.0194. The topological polar surface area (TPSA) is 53.9 Å². The maximum absolute atomic E-state index is 12.5. The first-order valence-corrected chi connectivity index (χ1v) is 10.6. The number of anilines is 1.